The van der Waals surface area contributed by atoms with Crippen LogP contribution >= 0.6 is 0 Å². The minimum Gasteiger partial charge on any atom is -0.494 e. The largest absolute Gasteiger partial charge is 0.494 e. The van der Waals surface area contributed by atoms with Gasteiger partial charge in [0.25, 0.3) is 0 Å². The van der Waals surface area contributed by atoms with E-state index in [2.05, 4.69) is 0 Å². The Morgan fingerprint density at radius 2 is 2.21 bits per heavy atom. The quantitative estimate of drug-likeness (QED) is 0.803. The molecule has 0 heterocycles. The van der Waals surface area contributed by atoms with E-state index < -0.39 is 6.10 Å². The van der Waals surface area contributed by atoms with Crippen molar-refractivity contribution in [2.24, 2.45) is 0 Å². The molecule has 0 saturated carbocycles. The number of rotatable bonds is 4. The van der Waals surface area contributed by atoms with E-state index in [1.807, 2.05) is 6.92 Å². The number of ether oxygens (including phenoxy) is 1. The topological polar surface area (TPSA) is 29.5 Å². The fourth-order valence-electron chi connectivity index (χ4n) is 1.25. The summed E-state index contributed by atoms with van der Waals surface area (Å²) in [7, 11) is 1.43. The van der Waals surface area contributed by atoms with Crippen LogP contribution in [0, 0.1) is 5.82 Å². The first-order chi connectivity index (χ1) is 6.67. The third kappa shape index (κ3) is 2.70. The Labute approximate surface area is 83.3 Å². The van der Waals surface area contributed by atoms with E-state index in [0.29, 0.717) is 12.8 Å². The van der Waals surface area contributed by atoms with Crippen LogP contribution in [0.5, 0.6) is 5.75 Å². The van der Waals surface area contributed by atoms with Gasteiger partial charge in [0.1, 0.15) is 0 Å². The van der Waals surface area contributed by atoms with Crippen molar-refractivity contribution in [2.75, 3.05) is 7.11 Å². The molecule has 1 N–H and O–H groups in total. The first-order valence-electron chi connectivity index (χ1n) is 4.67. The molecule has 0 amide bonds. The van der Waals surface area contributed by atoms with E-state index in [4.69, 9.17) is 4.74 Å². The first kappa shape index (κ1) is 11.0. The number of aliphatic hydroxyl groups is 1. The monoisotopic (exact) mass is 198 g/mol. The average Bonchev–Trinajstić information content (AvgIpc) is 2.18. The van der Waals surface area contributed by atoms with Crippen LogP contribution in [0.3, 0.4) is 0 Å². The van der Waals surface area contributed by atoms with Crippen molar-refractivity contribution in [3.8, 4) is 5.75 Å². The number of aliphatic hydroxyl groups excluding tert-OH is 1. The summed E-state index contributed by atoms with van der Waals surface area (Å²) in [5.74, 6) is -0.145. The maximum atomic E-state index is 13.2. The van der Waals surface area contributed by atoms with Crippen molar-refractivity contribution in [3.63, 3.8) is 0 Å². The Hall–Kier alpha value is -1.09. The molecule has 0 aliphatic heterocycles. The van der Waals surface area contributed by atoms with Gasteiger partial charge in [0.05, 0.1) is 13.2 Å². The van der Waals surface area contributed by atoms with Gasteiger partial charge in [0, 0.05) is 0 Å². The van der Waals surface area contributed by atoms with Crippen molar-refractivity contribution >= 4 is 0 Å². The van der Waals surface area contributed by atoms with Gasteiger partial charge >= 0.3 is 0 Å². The zero-order valence-electron chi connectivity index (χ0n) is 8.46. The molecule has 0 bridgehead atoms. The molecule has 3 heteroatoms. The Bertz CT molecular complexity index is 299. The predicted octanol–water partition coefficient (Wildman–Crippen LogP) is 2.15. The average molecular weight is 198 g/mol. The summed E-state index contributed by atoms with van der Waals surface area (Å²) in [6.07, 6.45) is 0.758. The predicted molar refractivity (Wildman–Crippen MR) is 53.0 cm³/mol. The molecule has 78 valence electrons. The van der Waals surface area contributed by atoms with Crippen molar-refractivity contribution in [2.45, 2.75) is 25.9 Å². The van der Waals surface area contributed by atoms with E-state index in [9.17, 15) is 9.50 Å². The Morgan fingerprint density at radius 3 is 2.71 bits per heavy atom. The van der Waals surface area contributed by atoms with Crippen LogP contribution in [0.1, 0.15) is 18.9 Å². The van der Waals surface area contributed by atoms with Gasteiger partial charge in [0.2, 0.25) is 0 Å². The van der Waals surface area contributed by atoms with E-state index in [1.165, 1.54) is 13.2 Å². The zero-order chi connectivity index (χ0) is 10.6. The zero-order valence-corrected chi connectivity index (χ0v) is 8.46. The summed E-state index contributed by atoms with van der Waals surface area (Å²) in [4.78, 5) is 0. The fraction of sp³-hybridized carbons (Fsp3) is 0.455. The molecular formula is C11H15FO2. The highest BCUT2D eigenvalue weighted by molar-refractivity contribution is 5.29. The summed E-state index contributed by atoms with van der Waals surface area (Å²) < 4.78 is 18.0. The number of benzene rings is 1. The van der Waals surface area contributed by atoms with E-state index in [1.54, 1.807) is 12.1 Å². The summed E-state index contributed by atoms with van der Waals surface area (Å²) in [5.41, 5.74) is 0.789. The number of methoxy groups -OCH3 is 1. The highest BCUT2D eigenvalue weighted by atomic mass is 19.1. The van der Waals surface area contributed by atoms with Crippen LogP contribution in [-0.4, -0.2) is 18.3 Å². The van der Waals surface area contributed by atoms with Gasteiger partial charge in [-0.3, -0.25) is 0 Å². The van der Waals surface area contributed by atoms with Gasteiger partial charge in [-0.2, -0.15) is 0 Å². The van der Waals surface area contributed by atoms with Crippen molar-refractivity contribution in [3.05, 3.63) is 29.6 Å². The van der Waals surface area contributed by atoms with Crippen LogP contribution in [0.15, 0.2) is 18.2 Å². The van der Waals surface area contributed by atoms with Gasteiger partial charge < -0.3 is 9.84 Å². The molecule has 0 saturated heterocycles. The van der Waals surface area contributed by atoms with Crippen LogP contribution < -0.4 is 4.74 Å². The Morgan fingerprint density at radius 1 is 1.50 bits per heavy atom. The smallest absolute Gasteiger partial charge is 0.165 e. The molecule has 0 aliphatic rings. The molecule has 0 aromatic heterocycles. The van der Waals surface area contributed by atoms with E-state index in [-0.39, 0.29) is 11.6 Å². The SMILES string of the molecule is CCC(O)Cc1ccc(OC)c(F)c1. The number of halogens is 1. The second-order valence-corrected chi connectivity index (χ2v) is 3.24. The third-order valence-corrected chi connectivity index (χ3v) is 2.16. The molecule has 0 aliphatic carbocycles. The Balaban J connectivity index is 2.76. The lowest BCUT2D eigenvalue weighted by atomic mass is 10.1. The van der Waals surface area contributed by atoms with Crippen molar-refractivity contribution in [1.29, 1.82) is 0 Å². The summed E-state index contributed by atoms with van der Waals surface area (Å²) in [6, 6.07) is 4.74. The number of hydrogen-bond donors (Lipinski definition) is 1. The highest BCUT2D eigenvalue weighted by Gasteiger charge is 2.06. The lowest BCUT2D eigenvalue weighted by Crippen LogP contribution is -2.08. The summed E-state index contributed by atoms with van der Waals surface area (Å²) >= 11 is 0. The molecule has 2 nitrogen and oxygen atoms in total. The van der Waals surface area contributed by atoms with Crippen molar-refractivity contribution in [1.82, 2.24) is 0 Å². The molecule has 1 atom stereocenters. The van der Waals surface area contributed by atoms with Gasteiger partial charge in [-0.05, 0) is 30.5 Å². The first-order valence-corrected chi connectivity index (χ1v) is 4.67. The lowest BCUT2D eigenvalue weighted by Gasteiger charge is -2.08. The van der Waals surface area contributed by atoms with Crippen LogP contribution in [0.25, 0.3) is 0 Å². The molecular weight excluding hydrogens is 183 g/mol. The minimum absolute atomic E-state index is 0.236. The Kier molecular flexibility index (Phi) is 3.89. The lowest BCUT2D eigenvalue weighted by molar-refractivity contribution is 0.170. The maximum Gasteiger partial charge on any atom is 0.165 e. The van der Waals surface area contributed by atoms with Crippen LogP contribution in [0.2, 0.25) is 0 Å². The molecule has 1 aromatic rings. The maximum absolute atomic E-state index is 13.2. The van der Waals surface area contributed by atoms with Gasteiger partial charge in [-0.25, -0.2) is 4.39 Å². The number of hydrogen-bond acceptors (Lipinski definition) is 2. The molecule has 0 spiro atoms. The molecule has 0 radical (unpaired) electrons. The van der Waals surface area contributed by atoms with E-state index in [0.717, 1.165) is 5.56 Å². The summed E-state index contributed by atoms with van der Waals surface area (Å²) in [6.45, 7) is 1.89. The second-order valence-electron chi connectivity index (χ2n) is 3.24. The molecule has 14 heavy (non-hydrogen) atoms. The molecule has 0 fully saturated rings. The standard InChI is InChI=1S/C11H15FO2/c1-3-9(13)6-8-4-5-11(14-2)10(12)7-8/h4-5,7,9,13H,3,6H2,1-2H3. The molecule has 1 unspecified atom stereocenters. The minimum atomic E-state index is -0.400. The van der Waals surface area contributed by atoms with Crippen LogP contribution in [0.4, 0.5) is 4.39 Å². The third-order valence-electron chi connectivity index (χ3n) is 2.16. The van der Waals surface area contributed by atoms with Crippen LogP contribution in [-0.2, 0) is 6.42 Å². The molecule has 1 rings (SSSR count). The summed E-state index contributed by atoms with van der Waals surface area (Å²) in [5, 5.41) is 9.38. The molecule has 1 aromatic carbocycles. The van der Waals surface area contributed by atoms with Gasteiger partial charge in [-0.1, -0.05) is 13.0 Å². The fourth-order valence-corrected chi connectivity index (χ4v) is 1.25. The normalized spacial score (nSPS) is 12.6. The van der Waals surface area contributed by atoms with E-state index >= 15 is 0 Å². The highest BCUT2D eigenvalue weighted by Crippen LogP contribution is 2.18. The van der Waals surface area contributed by atoms with Gasteiger partial charge in [-0.15, -0.1) is 0 Å². The van der Waals surface area contributed by atoms with Gasteiger partial charge in [0.15, 0.2) is 11.6 Å². The van der Waals surface area contributed by atoms with Crippen molar-refractivity contribution < 1.29 is 14.2 Å². The second kappa shape index (κ2) is 4.96.